The zero-order chi connectivity index (χ0) is 28.1. The summed E-state index contributed by atoms with van der Waals surface area (Å²) in [7, 11) is 6.78. The van der Waals surface area contributed by atoms with Crippen LogP contribution in [0.25, 0.3) is 0 Å². The van der Waals surface area contributed by atoms with Gasteiger partial charge in [0.15, 0.2) is 17.1 Å². The summed E-state index contributed by atoms with van der Waals surface area (Å²) in [6.45, 7) is 0. The van der Waals surface area contributed by atoms with Gasteiger partial charge in [-0.1, -0.05) is 18.2 Å². The van der Waals surface area contributed by atoms with Crippen molar-refractivity contribution in [2.45, 2.75) is 0 Å². The van der Waals surface area contributed by atoms with Crippen LogP contribution in [0.15, 0.2) is 65.8 Å². The number of benzene rings is 3. The molecule has 0 saturated heterocycles. The SMILES string of the molecule is CN(C)c1ccc(C(=NNC(=O)c2cccc([NH+]([O-])O)c2)c2ccc(N(C)C)c([NH+]([O-])O)c2)cc1[NH+]([O-])O. The van der Waals surface area contributed by atoms with Crippen LogP contribution in [-0.2, 0) is 0 Å². The number of amides is 1. The van der Waals surface area contributed by atoms with Gasteiger partial charge in [-0.3, -0.25) is 4.79 Å². The third-order valence-electron chi connectivity index (χ3n) is 5.61. The van der Waals surface area contributed by atoms with E-state index in [1.54, 1.807) is 62.3 Å². The Labute approximate surface area is 218 Å². The topological polar surface area (TPSA) is 191 Å². The highest BCUT2D eigenvalue weighted by atomic mass is 16.8. The van der Waals surface area contributed by atoms with Crippen LogP contribution in [0, 0.1) is 15.6 Å². The molecule has 1 amide bonds. The van der Waals surface area contributed by atoms with Gasteiger partial charge in [0.05, 0.1) is 5.71 Å². The van der Waals surface area contributed by atoms with E-state index in [1.807, 2.05) is 0 Å². The molecule has 3 atom stereocenters. The van der Waals surface area contributed by atoms with Crippen molar-refractivity contribution >= 4 is 40.1 Å². The molecule has 0 fully saturated rings. The van der Waals surface area contributed by atoms with Gasteiger partial charge in [0.25, 0.3) is 5.91 Å². The normalized spacial score (nSPS) is 13.3. The number of hydrogen-bond acceptors (Lipinski definition) is 10. The van der Waals surface area contributed by atoms with Gasteiger partial charge in [-0.05, 0) is 18.2 Å². The highest BCUT2D eigenvalue weighted by Gasteiger charge is 2.20. The first-order valence-electron chi connectivity index (χ1n) is 11.2. The number of carbonyl (C=O) groups is 1. The summed E-state index contributed by atoms with van der Waals surface area (Å²) < 4.78 is 0. The lowest BCUT2D eigenvalue weighted by Crippen LogP contribution is -2.99. The molecule has 0 aliphatic rings. The molecule has 0 heterocycles. The fraction of sp³-hybridized carbons (Fsp3) is 0.167. The third kappa shape index (κ3) is 6.48. The Kier molecular flexibility index (Phi) is 9.08. The number of quaternary nitrogens is 3. The summed E-state index contributed by atoms with van der Waals surface area (Å²) in [5.41, 5.74) is 3.87. The van der Waals surface area contributed by atoms with Crippen LogP contribution in [0.2, 0.25) is 0 Å². The van der Waals surface area contributed by atoms with E-state index in [0.29, 0.717) is 22.5 Å². The molecule has 0 bridgehead atoms. The van der Waals surface area contributed by atoms with Crippen LogP contribution < -0.4 is 30.9 Å². The molecule has 0 aliphatic heterocycles. The maximum Gasteiger partial charge on any atom is 0.271 e. The lowest BCUT2D eigenvalue weighted by atomic mass is 10.00. The highest BCUT2D eigenvalue weighted by Crippen LogP contribution is 2.27. The van der Waals surface area contributed by atoms with Gasteiger partial charge in [0, 0.05) is 69.1 Å². The van der Waals surface area contributed by atoms with Crippen molar-refractivity contribution in [3.63, 3.8) is 0 Å². The van der Waals surface area contributed by atoms with E-state index in [1.165, 1.54) is 36.4 Å². The van der Waals surface area contributed by atoms with Crippen LogP contribution in [0.4, 0.5) is 28.4 Å². The number of nitrogens with one attached hydrogen (secondary N) is 4. The van der Waals surface area contributed by atoms with E-state index in [-0.39, 0.29) is 28.3 Å². The smallest absolute Gasteiger partial charge is 0.271 e. The number of hydrazone groups is 1. The second-order valence-electron chi connectivity index (χ2n) is 8.65. The molecule has 0 radical (unpaired) electrons. The zero-order valence-corrected chi connectivity index (χ0v) is 21.1. The van der Waals surface area contributed by atoms with Crippen LogP contribution in [0.3, 0.4) is 0 Å². The second kappa shape index (κ2) is 12.1. The van der Waals surface area contributed by atoms with Crippen molar-refractivity contribution in [1.82, 2.24) is 5.43 Å². The van der Waals surface area contributed by atoms with Crippen LogP contribution in [0.1, 0.15) is 21.5 Å². The lowest BCUT2D eigenvalue weighted by Gasteiger charge is -2.23. The molecule has 38 heavy (non-hydrogen) atoms. The molecular weight excluding hydrogens is 498 g/mol. The summed E-state index contributed by atoms with van der Waals surface area (Å²) >= 11 is 0. The molecule has 3 aromatic carbocycles. The van der Waals surface area contributed by atoms with Crippen molar-refractivity contribution < 1.29 is 36.1 Å². The number of anilines is 2. The molecule has 202 valence electrons. The largest absolute Gasteiger partial charge is 0.595 e. The molecule has 0 saturated carbocycles. The molecule has 14 heteroatoms. The molecule has 3 unspecified atom stereocenters. The Morgan fingerprint density at radius 3 is 1.66 bits per heavy atom. The van der Waals surface area contributed by atoms with Gasteiger partial charge >= 0.3 is 0 Å². The minimum absolute atomic E-state index is 0.0240. The first kappa shape index (κ1) is 28.6. The molecular formula is C24H29N7O7. The van der Waals surface area contributed by atoms with Crippen LogP contribution in [-0.4, -0.2) is 55.4 Å². The van der Waals surface area contributed by atoms with E-state index in [9.17, 15) is 36.0 Å². The molecule has 0 aromatic heterocycles. The van der Waals surface area contributed by atoms with Crippen molar-refractivity contribution in [2.75, 3.05) is 38.0 Å². The van der Waals surface area contributed by atoms with Gasteiger partial charge < -0.3 is 25.4 Å². The van der Waals surface area contributed by atoms with Crippen LogP contribution >= 0.6 is 0 Å². The number of rotatable bonds is 9. The average molecular weight is 528 g/mol. The van der Waals surface area contributed by atoms with E-state index in [4.69, 9.17) is 0 Å². The van der Waals surface area contributed by atoms with Crippen molar-refractivity contribution in [2.24, 2.45) is 5.10 Å². The van der Waals surface area contributed by atoms with E-state index >= 15 is 0 Å². The van der Waals surface area contributed by atoms with Gasteiger partial charge in [-0.15, -0.1) is 0 Å². The zero-order valence-electron chi connectivity index (χ0n) is 21.1. The van der Waals surface area contributed by atoms with Crippen molar-refractivity contribution in [3.8, 4) is 0 Å². The number of hydrogen-bond donors (Lipinski definition) is 7. The van der Waals surface area contributed by atoms with Gasteiger partial charge in [0.2, 0.25) is 0 Å². The first-order valence-corrected chi connectivity index (χ1v) is 11.2. The van der Waals surface area contributed by atoms with Crippen molar-refractivity contribution in [1.29, 1.82) is 0 Å². The maximum absolute atomic E-state index is 12.8. The quantitative estimate of drug-likeness (QED) is 0.138. The van der Waals surface area contributed by atoms with E-state index in [0.717, 1.165) is 0 Å². The fourth-order valence-electron chi connectivity index (χ4n) is 3.75. The summed E-state index contributed by atoms with van der Waals surface area (Å²) in [6.07, 6.45) is 0. The summed E-state index contributed by atoms with van der Waals surface area (Å²) in [5.74, 6) is -0.711. The molecule has 14 nitrogen and oxygen atoms in total. The van der Waals surface area contributed by atoms with E-state index in [2.05, 4.69) is 10.5 Å². The maximum atomic E-state index is 12.8. The first-order chi connectivity index (χ1) is 17.9. The van der Waals surface area contributed by atoms with Crippen LogP contribution in [0.5, 0.6) is 0 Å². The van der Waals surface area contributed by atoms with Gasteiger partial charge in [-0.25, -0.2) is 21.0 Å². The summed E-state index contributed by atoms with van der Waals surface area (Å²) in [6, 6.07) is 14.5. The number of carbonyl (C=O) groups excluding carboxylic acids is 1. The predicted molar refractivity (Wildman–Crippen MR) is 138 cm³/mol. The van der Waals surface area contributed by atoms with Crippen molar-refractivity contribution in [3.05, 3.63) is 93.0 Å². The van der Waals surface area contributed by atoms with E-state index < -0.39 is 21.6 Å². The van der Waals surface area contributed by atoms with Gasteiger partial charge in [-0.2, -0.15) is 20.8 Å². The summed E-state index contributed by atoms with van der Waals surface area (Å²) in [4.78, 5) is 16.1. The van der Waals surface area contributed by atoms with Gasteiger partial charge in [0.1, 0.15) is 11.4 Å². The fourth-order valence-corrected chi connectivity index (χ4v) is 3.75. The monoisotopic (exact) mass is 527 g/mol. The molecule has 0 spiro atoms. The third-order valence-corrected chi connectivity index (χ3v) is 5.61. The average Bonchev–Trinajstić information content (AvgIpc) is 2.88. The number of nitrogens with zero attached hydrogens (tertiary/aromatic N) is 3. The molecule has 3 aromatic rings. The Bertz CT molecular complexity index is 1260. The highest BCUT2D eigenvalue weighted by molar-refractivity contribution is 6.14. The molecule has 0 aliphatic carbocycles. The predicted octanol–water partition coefficient (Wildman–Crippen LogP) is -0.789. The standard InChI is InChI=1S/C24H29N7O7/c1-27(2)19-10-8-15(13-21(19)30(35)36)23(16-9-11-20(28(3)4)22(14-16)31(37)38)25-26-24(32)17-6-5-7-18(12-17)29(33)34/h5-14,29-31,33,35,37H,1-4H3,(H,26,32). The Morgan fingerprint density at radius 1 is 0.737 bits per heavy atom. The Hall–Kier alpha value is -3.96. The second-order valence-corrected chi connectivity index (χ2v) is 8.65. The summed E-state index contributed by atoms with van der Waals surface area (Å²) in [5, 5.41) is 64.6. The minimum atomic E-state index is -1.20. The Morgan fingerprint density at radius 2 is 1.24 bits per heavy atom. The lowest BCUT2D eigenvalue weighted by molar-refractivity contribution is -0.991. The Balaban J connectivity index is 2.15. The molecule has 3 rings (SSSR count). The molecule has 7 N–H and O–H groups in total. The minimum Gasteiger partial charge on any atom is -0.595 e.